The lowest BCUT2D eigenvalue weighted by Crippen LogP contribution is -2.23. The molecule has 0 unspecified atom stereocenters. The van der Waals surface area contributed by atoms with Crippen molar-refractivity contribution in [1.82, 2.24) is 14.5 Å². The number of nitrogens with two attached hydrogens (primary N) is 1. The topological polar surface area (TPSA) is 130 Å². The van der Waals surface area contributed by atoms with Crippen molar-refractivity contribution in [3.05, 3.63) is 57.1 Å². The van der Waals surface area contributed by atoms with Crippen molar-refractivity contribution in [1.29, 1.82) is 0 Å². The molecule has 0 aliphatic carbocycles. The van der Waals surface area contributed by atoms with Crippen molar-refractivity contribution in [3.8, 4) is 0 Å². The third-order valence-electron chi connectivity index (χ3n) is 2.81. The SMILES string of the molecule is Nc1ccc2oc(Cn3cc([N+](=O)[O-])cnc3=O)nc2c1. The van der Waals surface area contributed by atoms with Gasteiger partial charge in [-0.2, -0.15) is 4.98 Å². The van der Waals surface area contributed by atoms with Gasteiger partial charge >= 0.3 is 11.4 Å². The second-order valence-corrected chi connectivity index (χ2v) is 4.31. The maximum atomic E-state index is 11.6. The van der Waals surface area contributed by atoms with Gasteiger partial charge in [-0.1, -0.05) is 0 Å². The highest BCUT2D eigenvalue weighted by Crippen LogP contribution is 2.18. The molecule has 2 aromatic heterocycles. The molecular weight excluding hydrogens is 278 g/mol. The highest BCUT2D eigenvalue weighted by atomic mass is 16.6. The number of aromatic nitrogens is 3. The number of rotatable bonds is 3. The Hall–Kier alpha value is -3.23. The molecule has 2 heterocycles. The smallest absolute Gasteiger partial charge is 0.348 e. The number of nitrogens with zero attached hydrogens (tertiary/aromatic N) is 4. The van der Waals surface area contributed by atoms with Gasteiger partial charge in [0.05, 0.1) is 11.1 Å². The molecule has 0 fully saturated rings. The molecule has 106 valence electrons. The van der Waals surface area contributed by atoms with Gasteiger partial charge in [0, 0.05) is 5.69 Å². The molecule has 0 saturated heterocycles. The van der Waals surface area contributed by atoms with E-state index in [-0.39, 0.29) is 18.1 Å². The molecule has 2 N–H and O–H groups in total. The number of hydrogen-bond donors (Lipinski definition) is 1. The summed E-state index contributed by atoms with van der Waals surface area (Å²) in [6, 6.07) is 4.96. The Kier molecular flexibility index (Phi) is 2.87. The van der Waals surface area contributed by atoms with Crippen LogP contribution in [0.1, 0.15) is 5.89 Å². The molecule has 0 aliphatic rings. The first-order chi connectivity index (χ1) is 10.0. The molecular formula is C12H9N5O4. The van der Waals surface area contributed by atoms with Gasteiger partial charge in [0.25, 0.3) is 0 Å². The Morgan fingerprint density at radius 3 is 3.00 bits per heavy atom. The van der Waals surface area contributed by atoms with Crippen LogP contribution in [0.25, 0.3) is 11.1 Å². The molecule has 3 aromatic rings. The molecule has 3 rings (SSSR count). The molecule has 0 bridgehead atoms. The molecule has 0 amide bonds. The first kappa shape index (κ1) is 12.8. The Bertz CT molecular complexity index is 898. The Morgan fingerprint density at radius 1 is 1.43 bits per heavy atom. The van der Waals surface area contributed by atoms with Gasteiger partial charge in [0.1, 0.15) is 18.3 Å². The quantitative estimate of drug-likeness (QED) is 0.430. The maximum absolute atomic E-state index is 11.6. The Morgan fingerprint density at radius 2 is 2.24 bits per heavy atom. The predicted molar refractivity (Wildman–Crippen MR) is 72.7 cm³/mol. The summed E-state index contributed by atoms with van der Waals surface area (Å²) in [6.07, 6.45) is 2.00. The van der Waals surface area contributed by atoms with Crippen LogP contribution in [0.5, 0.6) is 0 Å². The molecule has 0 spiro atoms. The van der Waals surface area contributed by atoms with Crippen LogP contribution >= 0.6 is 0 Å². The second-order valence-electron chi connectivity index (χ2n) is 4.31. The van der Waals surface area contributed by atoms with Crippen LogP contribution in [-0.2, 0) is 6.54 Å². The van der Waals surface area contributed by atoms with E-state index >= 15 is 0 Å². The van der Waals surface area contributed by atoms with Gasteiger partial charge in [0.15, 0.2) is 5.58 Å². The first-order valence-corrected chi connectivity index (χ1v) is 5.89. The summed E-state index contributed by atoms with van der Waals surface area (Å²) in [4.78, 5) is 29.3. The van der Waals surface area contributed by atoms with Crippen molar-refractivity contribution >= 4 is 22.5 Å². The van der Waals surface area contributed by atoms with Gasteiger partial charge in [-0.25, -0.2) is 9.78 Å². The number of hydrogen-bond acceptors (Lipinski definition) is 7. The summed E-state index contributed by atoms with van der Waals surface area (Å²) in [6.45, 7) is -0.0535. The average molecular weight is 287 g/mol. The third kappa shape index (κ3) is 2.43. The molecule has 0 atom stereocenters. The highest BCUT2D eigenvalue weighted by molar-refractivity contribution is 5.76. The van der Waals surface area contributed by atoms with E-state index in [0.717, 1.165) is 17.0 Å². The van der Waals surface area contributed by atoms with E-state index in [0.29, 0.717) is 16.8 Å². The fourth-order valence-corrected chi connectivity index (χ4v) is 1.86. The van der Waals surface area contributed by atoms with Crippen LogP contribution < -0.4 is 11.4 Å². The minimum Gasteiger partial charge on any atom is -0.439 e. The number of benzene rings is 1. The zero-order valence-electron chi connectivity index (χ0n) is 10.6. The first-order valence-electron chi connectivity index (χ1n) is 5.89. The standard InChI is InChI=1S/C12H9N5O4/c13-7-1-2-10-9(3-7)15-11(21-10)6-16-5-8(17(19)20)4-14-12(16)18/h1-5H,6,13H2. The Labute approximate surface area is 116 Å². The zero-order valence-corrected chi connectivity index (χ0v) is 10.6. The lowest BCUT2D eigenvalue weighted by molar-refractivity contribution is -0.385. The number of fused-ring (bicyclic) bond motifs is 1. The highest BCUT2D eigenvalue weighted by Gasteiger charge is 2.12. The summed E-state index contributed by atoms with van der Waals surface area (Å²) >= 11 is 0. The predicted octanol–water partition coefficient (Wildman–Crippen LogP) is 0.923. The van der Waals surface area contributed by atoms with Gasteiger partial charge in [0.2, 0.25) is 5.89 Å². The molecule has 9 heteroatoms. The van der Waals surface area contributed by atoms with Crippen molar-refractivity contribution in [2.24, 2.45) is 0 Å². The van der Waals surface area contributed by atoms with E-state index < -0.39 is 10.6 Å². The monoisotopic (exact) mass is 287 g/mol. The van der Waals surface area contributed by atoms with Crippen molar-refractivity contribution < 1.29 is 9.34 Å². The van der Waals surface area contributed by atoms with Crippen LogP contribution in [0.15, 0.2) is 39.8 Å². The van der Waals surface area contributed by atoms with E-state index in [1.807, 2.05) is 0 Å². The minimum absolute atomic E-state index is 0.0535. The van der Waals surface area contributed by atoms with Crippen LogP contribution in [-0.4, -0.2) is 19.5 Å². The molecule has 0 saturated carbocycles. The third-order valence-corrected chi connectivity index (χ3v) is 2.81. The molecule has 1 aromatic carbocycles. The summed E-state index contributed by atoms with van der Waals surface area (Å²) in [7, 11) is 0. The van der Waals surface area contributed by atoms with E-state index in [9.17, 15) is 14.9 Å². The number of anilines is 1. The minimum atomic E-state index is -0.629. The molecule has 9 nitrogen and oxygen atoms in total. The number of oxazole rings is 1. The van der Waals surface area contributed by atoms with Crippen LogP contribution in [0.4, 0.5) is 11.4 Å². The van der Waals surface area contributed by atoms with E-state index in [4.69, 9.17) is 10.2 Å². The van der Waals surface area contributed by atoms with E-state index in [1.165, 1.54) is 0 Å². The fraction of sp³-hybridized carbons (Fsp3) is 0.0833. The van der Waals surface area contributed by atoms with Crippen LogP contribution in [0.3, 0.4) is 0 Å². The van der Waals surface area contributed by atoms with Crippen molar-refractivity contribution in [3.63, 3.8) is 0 Å². The van der Waals surface area contributed by atoms with Gasteiger partial charge in [-0.05, 0) is 18.2 Å². The molecule has 0 aliphatic heterocycles. The van der Waals surface area contributed by atoms with Crippen molar-refractivity contribution in [2.45, 2.75) is 6.54 Å². The maximum Gasteiger partial charge on any atom is 0.348 e. The summed E-state index contributed by atoms with van der Waals surface area (Å²) in [5, 5.41) is 10.7. The number of nitro groups is 1. The average Bonchev–Trinajstić information content (AvgIpc) is 2.82. The summed E-state index contributed by atoms with van der Waals surface area (Å²) in [5.41, 5.74) is 6.35. The van der Waals surface area contributed by atoms with Crippen molar-refractivity contribution in [2.75, 3.05) is 5.73 Å². The zero-order chi connectivity index (χ0) is 15.0. The fourth-order valence-electron chi connectivity index (χ4n) is 1.86. The van der Waals surface area contributed by atoms with Crippen LogP contribution in [0.2, 0.25) is 0 Å². The molecule has 0 radical (unpaired) electrons. The molecule has 21 heavy (non-hydrogen) atoms. The van der Waals surface area contributed by atoms with E-state index in [1.54, 1.807) is 18.2 Å². The lowest BCUT2D eigenvalue weighted by Gasteiger charge is -2.00. The second kappa shape index (κ2) is 4.71. The largest absolute Gasteiger partial charge is 0.439 e. The number of nitrogen functional groups attached to an aromatic ring is 1. The lowest BCUT2D eigenvalue weighted by atomic mass is 10.3. The van der Waals surface area contributed by atoms with Crippen LogP contribution in [0, 0.1) is 10.1 Å². The summed E-state index contributed by atoms with van der Waals surface area (Å²) in [5.74, 6) is 0.236. The van der Waals surface area contributed by atoms with E-state index in [2.05, 4.69) is 9.97 Å². The van der Waals surface area contributed by atoms with Gasteiger partial charge < -0.3 is 10.2 Å². The van der Waals surface area contributed by atoms with Gasteiger partial charge in [-0.15, -0.1) is 0 Å². The summed E-state index contributed by atoms with van der Waals surface area (Å²) < 4.78 is 6.52. The van der Waals surface area contributed by atoms with Gasteiger partial charge in [-0.3, -0.25) is 14.7 Å². The Balaban J connectivity index is 2.00. The normalized spacial score (nSPS) is 10.9.